The summed E-state index contributed by atoms with van der Waals surface area (Å²) in [5.74, 6) is 0. The van der Waals surface area contributed by atoms with E-state index in [2.05, 4.69) is 268 Å². The maximum absolute atomic E-state index is 2.77. The van der Waals surface area contributed by atoms with Gasteiger partial charge in [-0.3, -0.25) is 0 Å². The lowest BCUT2D eigenvalue weighted by molar-refractivity contribution is 0.571. The molecule has 0 amide bonds. The highest BCUT2D eigenvalue weighted by atomic mass is 28.3. The van der Waals surface area contributed by atoms with Crippen molar-refractivity contribution in [1.29, 1.82) is 0 Å². The van der Waals surface area contributed by atoms with Crippen molar-refractivity contribution in [2.75, 3.05) is 0 Å². The predicted molar refractivity (Wildman–Crippen MR) is 353 cm³/mol. The van der Waals surface area contributed by atoms with E-state index in [4.69, 9.17) is 0 Å². The van der Waals surface area contributed by atoms with E-state index < -0.39 is 32.3 Å². The van der Waals surface area contributed by atoms with Crippen LogP contribution in [0, 0.1) is 0 Å². The van der Waals surface area contributed by atoms with Gasteiger partial charge in [-0.15, -0.1) is 0 Å². The van der Waals surface area contributed by atoms with E-state index in [1.54, 1.807) is 20.7 Å². The molecule has 0 fully saturated rings. The third-order valence-electron chi connectivity index (χ3n) is 17.5. The van der Waals surface area contributed by atoms with Gasteiger partial charge in [0.1, 0.15) is 0 Å². The minimum Gasteiger partial charge on any atom is -0.308 e. The van der Waals surface area contributed by atoms with Crippen LogP contribution in [-0.2, 0) is 21.7 Å². The monoisotopic (exact) mass is 1070 g/mol. The Kier molecular flexibility index (Phi) is 11.4. The van der Waals surface area contributed by atoms with Crippen LogP contribution in [0.1, 0.15) is 105 Å². The average molecular weight is 1070 g/mol. The first-order valence-electron chi connectivity index (χ1n) is 28.6. The first kappa shape index (κ1) is 53.0. The molecule has 0 saturated carbocycles. The molecule has 0 radical (unpaired) electrons. The molecule has 4 heterocycles. The van der Waals surface area contributed by atoms with Crippen LogP contribution in [0.4, 0.5) is 0 Å². The van der Waals surface area contributed by atoms with Gasteiger partial charge in [-0.25, -0.2) is 0 Å². The van der Waals surface area contributed by atoms with Gasteiger partial charge in [0.05, 0.1) is 65.4 Å². The van der Waals surface area contributed by atoms with Crippen LogP contribution in [0.25, 0.3) is 98.4 Å². The molecule has 0 unspecified atom stereocenters. The third kappa shape index (κ3) is 8.22. The maximum atomic E-state index is 2.77. The number of hydrogen-bond acceptors (Lipinski definition) is 0. The van der Waals surface area contributed by atoms with Crippen molar-refractivity contribution >= 4 is 129 Å². The first-order valence-corrected chi connectivity index (χ1v) is 42.6. The molecule has 394 valence electrons. The van der Waals surface area contributed by atoms with Gasteiger partial charge >= 0.3 is 0 Å². The molecule has 11 aromatic rings. The van der Waals surface area contributed by atoms with Crippen molar-refractivity contribution in [2.45, 2.75) is 183 Å². The minimum atomic E-state index is -1.64. The number of hydrogen-bond donors (Lipinski definition) is 0. The van der Waals surface area contributed by atoms with Crippen molar-refractivity contribution in [3.63, 3.8) is 0 Å². The zero-order valence-corrected chi connectivity index (χ0v) is 55.1. The summed E-state index contributed by atoms with van der Waals surface area (Å²) in [6.07, 6.45) is 0. The second kappa shape index (κ2) is 16.3. The van der Waals surface area contributed by atoms with Gasteiger partial charge in [-0.1, -0.05) is 255 Å². The van der Waals surface area contributed by atoms with E-state index in [0.29, 0.717) is 0 Å². The van der Waals surface area contributed by atoms with Crippen LogP contribution in [-0.4, -0.2) is 41.1 Å². The van der Waals surface area contributed by atoms with Gasteiger partial charge in [0, 0.05) is 43.1 Å². The molecule has 0 atom stereocenters. The summed E-state index contributed by atoms with van der Waals surface area (Å²) in [7, 11) is -6.56. The van der Waals surface area contributed by atoms with E-state index in [1.807, 2.05) is 0 Å². The summed E-state index contributed by atoms with van der Waals surface area (Å²) in [5.41, 5.74) is 18.7. The molecule has 0 N–H and O–H groups in total. The quantitative estimate of drug-likeness (QED) is 0.147. The second-order valence-electron chi connectivity index (χ2n) is 31.8. The highest BCUT2D eigenvalue weighted by Crippen LogP contribution is 2.55. The number of rotatable bonds is 6. The topological polar surface area (TPSA) is 8.82 Å². The Hall–Kier alpha value is -4.99. The van der Waals surface area contributed by atoms with E-state index in [-0.39, 0.29) is 21.7 Å². The number of nitrogens with zero attached hydrogens (tertiary/aromatic N) is 2. The van der Waals surface area contributed by atoms with Gasteiger partial charge < -0.3 is 8.80 Å². The molecule has 6 heteroatoms. The maximum Gasteiger partial charge on any atom is 0.0776 e. The molecular formula is C70H88N2Si4. The molecule has 0 aliphatic carbocycles. The van der Waals surface area contributed by atoms with Crippen molar-refractivity contribution < 1.29 is 0 Å². The fourth-order valence-corrected chi connectivity index (χ4v) is 17.6. The molecular weight excluding hydrogens is 981 g/mol. The Morgan fingerprint density at radius 3 is 0.829 bits per heavy atom. The van der Waals surface area contributed by atoms with Gasteiger partial charge in [-0.05, 0) is 90.4 Å². The van der Waals surface area contributed by atoms with E-state index in [0.717, 1.165) is 0 Å². The van der Waals surface area contributed by atoms with Crippen molar-refractivity contribution in [3.05, 3.63) is 119 Å². The van der Waals surface area contributed by atoms with E-state index >= 15 is 0 Å². The summed E-state index contributed by atoms with van der Waals surface area (Å²) in [6.45, 7) is 59.2. The minimum absolute atomic E-state index is 0.0492. The molecule has 2 nitrogen and oxygen atoms in total. The van der Waals surface area contributed by atoms with Gasteiger partial charge in [0.2, 0.25) is 0 Å². The fraction of sp³-hybridized carbons (Fsp3) is 0.400. The molecule has 0 aliphatic rings. The standard InChI is InChI=1S/C70H88N2Si4/c1-67(2,3)45-35-53-61-59-51-27-25-42(44-31-49(75(19,20)21)40-50(32-44)76(22,23)24)34-58(51)72-64-54(36-46(68(4,5)6)38-56(64)70(10,11)12)62(66(59)72)60-52-28-26-41(43-29-47(73(13,14)15)39-48(30-43)74(16,17)18)33-57(52)71(65(60)61)63(53)55(37-45)69(7,8)9/h25-40H,1-24H3. The fourth-order valence-electron chi connectivity index (χ4n) is 12.6. The van der Waals surface area contributed by atoms with Gasteiger partial charge in [-0.2, -0.15) is 0 Å². The molecule has 0 aliphatic heterocycles. The summed E-state index contributed by atoms with van der Waals surface area (Å²) in [6, 6.07) is 41.0. The molecule has 0 spiro atoms. The van der Waals surface area contributed by atoms with Gasteiger partial charge in [0.25, 0.3) is 0 Å². The predicted octanol–water partition coefficient (Wildman–Crippen LogP) is 18.7. The molecule has 11 rings (SSSR count). The van der Waals surface area contributed by atoms with Crippen molar-refractivity contribution in [1.82, 2.24) is 8.80 Å². The van der Waals surface area contributed by atoms with Crippen LogP contribution >= 0.6 is 0 Å². The first-order chi connectivity index (χ1) is 34.7. The Bertz CT molecular complexity index is 3870. The lowest BCUT2D eigenvalue weighted by Crippen LogP contribution is -2.45. The zero-order chi connectivity index (χ0) is 55.5. The number of benzene rings is 7. The summed E-state index contributed by atoms with van der Waals surface area (Å²) in [5, 5.41) is 17.3. The summed E-state index contributed by atoms with van der Waals surface area (Å²) >= 11 is 0. The lowest BCUT2D eigenvalue weighted by Gasteiger charge is -2.26. The van der Waals surface area contributed by atoms with E-state index in [9.17, 15) is 0 Å². The zero-order valence-electron chi connectivity index (χ0n) is 51.1. The van der Waals surface area contributed by atoms with Crippen molar-refractivity contribution in [2.24, 2.45) is 0 Å². The normalized spacial score (nSPS) is 14.3. The van der Waals surface area contributed by atoms with Crippen LogP contribution in [0.15, 0.2) is 97.1 Å². The lowest BCUT2D eigenvalue weighted by atomic mass is 9.79. The van der Waals surface area contributed by atoms with Gasteiger partial charge in [0.15, 0.2) is 0 Å². The van der Waals surface area contributed by atoms with Crippen LogP contribution < -0.4 is 20.7 Å². The molecule has 0 bridgehead atoms. The SMILES string of the molecule is CC(C)(C)c1cc(C(C)(C)C)c2c(c1)c1c3c4ccc(-c5cc([Si](C)(C)C)cc([Si](C)(C)C)c5)cc4n4c5c(C(C)(C)C)cc(C(C)(C)C)cc5c(c5c6ccc(-c7cc([Si](C)(C)C)cc([Si](C)(C)C)c7)cc6n2c51)c34. The molecule has 76 heavy (non-hydrogen) atoms. The highest BCUT2D eigenvalue weighted by Gasteiger charge is 2.36. The number of fused-ring (bicyclic) bond motifs is 14. The Morgan fingerprint density at radius 2 is 0.566 bits per heavy atom. The van der Waals surface area contributed by atoms with E-state index in [1.165, 1.54) is 121 Å². The molecule has 0 saturated heterocycles. The summed E-state index contributed by atoms with van der Waals surface area (Å²) in [4.78, 5) is 0. The van der Waals surface area contributed by atoms with Crippen LogP contribution in [0.3, 0.4) is 0 Å². The Morgan fingerprint density at radius 1 is 0.276 bits per heavy atom. The van der Waals surface area contributed by atoms with Crippen molar-refractivity contribution in [3.8, 4) is 22.3 Å². The number of aromatic nitrogens is 2. The Balaban J connectivity index is 1.42. The average Bonchev–Trinajstić information content (AvgIpc) is 4.01. The second-order valence-corrected chi connectivity index (χ2v) is 52.1. The van der Waals surface area contributed by atoms with Crippen LogP contribution in [0.2, 0.25) is 78.6 Å². The third-order valence-corrected chi connectivity index (χ3v) is 25.5. The molecule has 4 aromatic heterocycles. The molecule has 7 aromatic carbocycles. The largest absolute Gasteiger partial charge is 0.308 e. The highest BCUT2D eigenvalue weighted by molar-refractivity contribution is 6.92. The Labute approximate surface area is 460 Å². The summed E-state index contributed by atoms with van der Waals surface area (Å²) < 4.78 is 5.55. The smallest absolute Gasteiger partial charge is 0.0776 e. The van der Waals surface area contributed by atoms with Crippen LogP contribution in [0.5, 0.6) is 0 Å².